The maximum absolute atomic E-state index is 13.6. The summed E-state index contributed by atoms with van der Waals surface area (Å²) < 4.78 is 67.6. The summed E-state index contributed by atoms with van der Waals surface area (Å²) in [4.78, 5) is 0. The van der Waals surface area contributed by atoms with E-state index in [1.165, 1.54) is 25.3 Å². The highest BCUT2D eigenvalue weighted by Gasteiger charge is 2.37. The maximum atomic E-state index is 13.6. The molecule has 0 atom stereocenters. The largest absolute Gasteiger partial charge is 0.493 e. The minimum Gasteiger partial charge on any atom is -0.493 e. The van der Waals surface area contributed by atoms with E-state index in [0.717, 1.165) is 5.56 Å². The SMILES string of the molecule is COc1cc(C2OCCO2)ccc1OCc1cccc(OCCO)c1C(F)(F)F. The Morgan fingerprint density at radius 3 is 2.45 bits per heavy atom. The van der Waals surface area contributed by atoms with Crippen LogP contribution in [0.5, 0.6) is 17.2 Å². The predicted molar refractivity (Wildman–Crippen MR) is 96.0 cm³/mol. The predicted octanol–water partition coefficient (Wildman–Crippen LogP) is 3.71. The number of hydrogen-bond acceptors (Lipinski definition) is 6. The first-order valence-electron chi connectivity index (χ1n) is 8.90. The number of aliphatic hydroxyl groups is 1. The summed E-state index contributed by atoms with van der Waals surface area (Å²) in [5.41, 5.74) is -0.305. The molecule has 2 aromatic rings. The normalized spacial score (nSPS) is 14.8. The van der Waals surface area contributed by atoms with Gasteiger partial charge >= 0.3 is 6.18 Å². The molecule has 9 heteroatoms. The minimum absolute atomic E-state index is 0.0958. The Hall–Kier alpha value is -2.49. The standard InChI is InChI=1S/C20H21F3O6/c1-25-17-11-13(19-27-9-10-28-19)5-6-15(17)29-12-14-3-2-4-16(26-8-7-24)18(14)20(21,22)23/h2-6,11,19,24H,7-10,12H2,1H3. The monoisotopic (exact) mass is 414 g/mol. The molecular formula is C20H21F3O6. The number of hydrogen-bond donors (Lipinski definition) is 1. The van der Waals surface area contributed by atoms with Gasteiger partial charge in [0.1, 0.15) is 24.5 Å². The van der Waals surface area contributed by atoms with Crippen molar-refractivity contribution in [2.75, 3.05) is 33.5 Å². The molecule has 0 bridgehead atoms. The number of halogens is 3. The van der Waals surface area contributed by atoms with Gasteiger partial charge in [0.15, 0.2) is 17.8 Å². The van der Waals surface area contributed by atoms with Gasteiger partial charge in [-0.15, -0.1) is 0 Å². The molecule has 0 aliphatic carbocycles. The average molecular weight is 414 g/mol. The first kappa shape index (κ1) is 21.2. The molecule has 0 aromatic heterocycles. The molecule has 29 heavy (non-hydrogen) atoms. The topological polar surface area (TPSA) is 66.4 Å². The van der Waals surface area contributed by atoms with Crippen molar-refractivity contribution in [3.8, 4) is 17.2 Å². The van der Waals surface area contributed by atoms with E-state index in [-0.39, 0.29) is 30.3 Å². The van der Waals surface area contributed by atoms with Crippen molar-refractivity contribution >= 4 is 0 Å². The number of rotatable bonds is 8. The zero-order valence-electron chi connectivity index (χ0n) is 15.7. The van der Waals surface area contributed by atoms with Crippen LogP contribution in [-0.2, 0) is 22.3 Å². The lowest BCUT2D eigenvalue weighted by molar-refractivity contribution is -0.140. The second kappa shape index (κ2) is 9.34. The number of aliphatic hydroxyl groups excluding tert-OH is 1. The molecule has 0 radical (unpaired) electrons. The molecule has 1 fully saturated rings. The Bertz CT molecular complexity index is 818. The first-order valence-corrected chi connectivity index (χ1v) is 8.90. The molecule has 1 aliphatic heterocycles. The molecule has 3 rings (SSSR count). The van der Waals surface area contributed by atoms with E-state index in [4.69, 9.17) is 28.8 Å². The van der Waals surface area contributed by atoms with Gasteiger partial charge in [0.2, 0.25) is 0 Å². The van der Waals surface area contributed by atoms with E-state index >= 15 is 0 Å². The maximum Gasteiger partial charge on any atom is 0.420 e. The Balaban J connectivity index is 1.82. The van der Waals surface area contributed by atoms with Gasteiger partial charge in [-0.25, -0.2) is 0 Å². The van der Waals surface area contributed by atoms with Gasteiger partial charge in [-0.05, 0) is 18.2 Å². The zero-order valence-corrected chi connectivity index (χ0v) is 15.7. The van der Waals surface area contributed by atoms with Crippen molar-refractivity contribution in [2.45, 2.75) is 19.1 Å². The third-order valence-electron chi connectivity index (χ3n) is 4.21. The van der Waals surface area contributed by atoms with Gasteiger partial charge in [0.25, 0.3) is 0 Å². The Morgan fingerprint density at radius 2 is 1.79 bits per heavy atom. The highest BCUT2D eigenvalue weighted by Crippen LogP contribution is 2.40. The molecule has 158 valence electrons. The van der Waals surface area contributed by atoms with Gasteiger partial charge in [-0.1, -0.05) is 18.2 Å². The smallest absolute Gasteiger partial charge is 0.420 e. The highest BCUT2D eigenvalue weighted by atomic mass is 19.4. The van der Waals surface area contributed by atoms with Crippen molar-refractivity contribution < 1.29 is 42.0 Å². The van der Waals surface area contributed by atoms with Crippen LogP contribution in [0.1, 0.15) is 23.0 Å². The Kier molecular flexibility index (Phi) is 6.83. The Labute approximate surface area is 165 Å². The molecule has 2 aromatic carbocycles. The molecule has 1 saturated heterocycles. The molecule has 1 N–H and O–H groups in total. The second-order valence-corrected chi connectivity index (χ2v) is 6.13. The van der Waals surface area contributed by atoms with Crippen LogP contribution in [-0.4, -0.2) is 38.6 Å². The number of ether oxygens (including phenoxy) is 5. The van der Waals surface area contributed by atoms with Crippen LogP contribution in [0.2, 0.25) is 0 Å². The van der Waals surface area contributed by atoms with Crippen LogP contribution < -0.4 is 14.2 Å². The molecule has 0 saturated carbocycles. The lowest BCUT2D eigenvalue weighted by atomic mass is 10.1. The number of benzene rings is 2. The molecule has 6 nitrogen and oxygen atoms in total. The minimum atomic E-state index is -4.64. The van der Waals surface area contributed by atoms with Crippen LogP contribution in [0.4, 0.5) is 13.2 Å². The number of methoxy groups -OCH3 is 1. The molecule has 0 amide bonds. The average Bonchev–Trinajstić information content (AvgIpc) is 3.24. The fourth-order valence-electron chi connectivity index (χ4n) is 2.95. The van der Waals surface area contributed by atoms with Gasteiger partial charge < -0.3 is 28.8 Å². The zero-order chi connectivity index (χ0) is 20.9. The number of alkyl halides is 3. The van der Waals surface area contributed by atoms with Gasteiger partial charge in [0.05, 0.1) is 26.9 Å². The van der Waals surface area contributed by atoms with E-state index in [1.807, 2.05) is 0 Å². The second-order valence-electron chi connectivity index (χ2n) is 6.13. The lowest BCUT2D eigenvalue weighted by Gasteiger charge is -2.19. The Morgan fingerprint density at radius 1 is 1.03 bits per heavy atom. The van der Waals surface area contributed by atoms with E-state index < -0.39 is 24.6 Å². The fraction of sp³-hybridized carbons (Fsp3) is 0.400. The van der Waals surface area contributed by atoms with E-state index in [1.54, 1.807) is 18.2 Å². The molecule has 1 aliphatic rings. The van der Waals surface area contributed by atoms with Crippen molar-refractivity contribution in [1.82, 2.24) is 0 Å². The molecule has 0 unspecified atom stereocenters. The molecular weight excluding hydrogens is 393 g/mol. The lowest BCUT2D eigenvalue weighted by Crippen LogP contribution is -2.15. The quantitative estimate of drug-likeness (QED) is 0.711. The summed E-state index contributed by atoms with van der Waals surface area (Å²) in [7, 11) is 1.44. The van der Waals surface area contributed by atoms with Crippen LogP contribution in [0.3, 0.4) is 0 Å². The first-order chi connectivity index (χ1) is 13.9. The van der Waals surface area contributed by atoms with Crippen LogP contribution in [0, 0.1) is 0 Å². The van der Waals surface area contributed by atoms with E-state index in [0.29, 0.717) is 19.0 Å². The third-order valence-corrected chi connectivity index (χ3v) is 4.21. The third kappa shape index (κ3) is 5.11. The van der Waals surface area contributed by atoms with E-state index in [2.05, 4.69) is 0 Å². The van der Waals surface area contributed by atoms with Crippen molar-refractivity contribution in [1.29, 1.82) is 0 Å². The van der Waals surface area contributed by atoms with Crippen molar-refractivity contribution in [3.05, 3.63) is 53.1 Å². The summed E-state index contributed by atoms with van der Waals surface area (Å²) in [5, 5.41) is 8.84. The summed E-state index contributed by atoms with van der Waals surface area (Å²) in [6, 6.07) is 8.93. The van der Waals surface area contributed by atoms with Gasteiger partial charge in [-0.2, -0.15) is 13.2 Å². The summed E-state index contributed by atoms with van der Waals surface area (Å²) in [6.45, 7) is -0.0123. The van der Waals surface area contributed by atoms with Crippen LogP contribution in [0.25, 0.3) is 0 Å². The summed E-state index contributed by atoms with van der Waals surface area (Å²) in [5.74, 6) is 0.275. The van der Waals surface area contributed by atoms with Crippen molar-refractivity contribution in [2.24, 2.45) is 0 Å². The van der Waals surface area contributed by atoms with Crippen LogP contribution >= 0.6 is 0 Å². The van der Waals surface area contributed by atoms with Crippen LogP contribution in [0.15, 0.2) is 36.4 Å². The van der Waals surface area contributed by atoms with Crippen molar-refractivity contribution in [3.63, 3.8) is 0 Å². The molecule has 0 spiro atoms. The van der Waals surface area contributed by atoms with Gasteiger partial charge in [-0.3, -0.25) is 0 Å². The summed E-state index contributed by atoms with van der Waals surface area (Å²) in [6.07, 6.45) is -5.15. The van der Waals surface area contributed by atoms with Gasteiger partial charge in [0, 0.05) is 11.1 Å². The highest BCUT2D eigenvalue weighted by molar-refractivity contribution is 5.45. The van der Waals surface area contributed by atoms with E-state index in [9.17, 15) is 13.2 Å². The fourth-order valence-corrected chi connectivity index (χ4v) is 2.95. The molecule has 1 heterocycles. The summed E-state index contributed by atoms with van der Waals surface area (Å²) >= 11 is 0.